The highest BCUT2D eigenvalue weighted by Crippen LogP contribution is 2.38. The number of aryl methyl sites for hydroxylation is 1. The van der Waals surface area contributed by atoms with Crippen molar-refractivity contribution in [1.29, 1.82) is 0 Å². The van der Waals surface area contributed by atoms with Crippen LogP contribution in [0.5, 0.6) is 0 Å². The molecule has 7 nitrogen and oxygen atoms in total. The second-order valence-corrected chi connectivity index (χ2v) is 7.91. The highest BCUT2D eigenvalue weighted by molar-refractivity contribution is 5.79. The molecule has 0 saturated carbocycles. The maximum atomic E-state index is 12.6. The zero-order chi connectivity index (χ0) is 20.8. The van der Waals surface area contributed by atoms with E-state index >= 15 is 0 Å². The first-order chi connectivity index (χ1) is 14.5. The third-order valence-electron chi connectivity index (χ3n) is 5.89. The molecule has 30 heavy (non-hydrogen) atoms. The van der Waals surface area contributed by atoms with Crippen LogP contribution in [0.25, 0.3) is 11.1 Å². The van der Waals surface area contributed by atoms with Crippen LogP contribution in [0.4, 0.5) is 11.5 Å². The molecule has 1 aliphatic heterocycles. The Morgan fingerprint density at radius 1 is 1.20 bits per heavy atom. The van der Waals surface area contributed by atoms with Crippen molar-refractivity contribution in [2.75, 3.05) is 11.9 Å². The molecule has 154 valence electrons. The lowest BCUT2D eigenvalue weighted by atomic mass is 10.1. The van der Waals surface area contributed by atoms with Crippen molar-refractivity contribution in [3.8, 4) is 11.1 Å². The van der Waals surface area contributed by atoms with E-state index in [4.69, 9.17) is 4.74 Å². The van der Waals surface area contributed by atoms with Gasteiger partial charge in [0.25, 0.3) is 0 Å². The molecule has 1 aliphatic carbocycles. The third kappa shape index (κ3) is 3.21. The molecule has 2 heterocycles. The van der Waals surface area contributed by atoms with Crippen LogP contribution in [-0.4, -0.2) is 38.6 Å². The fourth-order valence-corrected chi connectivity index (χ4v) is 4.31. The number of rotatable bonds is 4. The van der Waals surface area contributed by atoms with Gasteiger partial charge in [0.15, 0.2) is 0 Å². The maximum Gasteiger partial charge on any atom is 0.351 e. The number of benzene rings is 2. The molecule has 5 rings (SSSR count). The number of fused-ring (bicyclic) bond motifs is 3. The Balaban J connectivity index is 1.39. The summed E-state index contributed by atoms with van der Waals surface area (Å²) >= 11 is 0. The molecular formula is C23H23N3O4. The summed E-state index contributed by atoms with van der Waals surface area (Å²) in [6.45, 7) is 1.57. The van der Waals surface area contributed by atoms with Gasteiger partial charge in [0.1, 0.15) is 18.1 Å². The highest BCUT2D eigenvalue weighted by Gasteiger charge is 2.35. The maximum absolute atomic E-state index is 12.6. The van der Waals surface area contributed by atoms with Crippen LogP contribution in [0.15, 0.2) is 53.5 Å². The van der Waals surface area contributed by atoms with Crippen LogP contribution in [0.2, 0.25) is 0 Å². The molecule has 1 aromatic heterocycles. The zero-order valence-corrected chi connectivity index (χ0v) is 16.6. The SMILES string of the molecule is Cc1cn([C@H]2C[C@H](O)[C@@H](CO)O2)c(=O)nc1Nc1ccc2c(c1)Cc1ccccc1-2. The van der Waals surface area contributed by atoms with Crippen molar-refractivity contribution in [3.05, 3.63) is 75.8 Å². The van der Waals surface area contributed by atoms with E-state index in [0.717, 1.165) is 17.7 Å². The van der Waals surface area contributed by atoms with Gasteiger partial charge in [0.05, 0.1) is 12.7 Å². The fraction of sp³-hybridized carbons (Fsp3) is 0.304. The lowest BCUT2D eigenvalue weighted by molar-refractivity contribution is -0.0459. The Bertz CT molecular complexity index is 1170. The number of aliphatic hydroxyl groups excluding tert-OH is 2. The van der Waals surface area contributed by atoms with Gasteiger partial charge < -0.3 is 20.3 Å². The number of aromatic nitrogens is 2. The molecule has 3 N–H and O–H groups in total. The first-order valence-corrected chi connectivity index (χ1v) is 10.1. The molecule has 0 spiro atoms. The lowest BCUT2D eigenvalue weighted by Gasteiger charge is -2.17. The Morgan fingerprint density at radius 2 is 2.00 bits per heavy atom. The number of aliphatic hydroxyl groups is 2. The second-order valence-electron chi connectivity index (χ2n) is 7.91. The minimum Gasteiger partial charge on any atom is -0.394 e. The number of hydrogen-bond acceptors (Lipinski definition) is 6. The Kier molecular flexibility index (Phi) is 4.66. The van der Waals surface area contributed by atoms with Gasteiger partial charge >= 0.3 is 5.69 Å². The number of anilines is 2. The van der Waals surface area contributed by atoms with Crippen molar-refractivity contribution >= 4 is 11.5 Å². The Morgan fingerprint density at radius 3 is 2.80 bits per heavy atom. The van der Waals surface area contributed by atoms with Crippen LogP contribution in [0.1, 0.15) is 29.3 Å². The first kappa shape index (κ1) is 19.0. The number of hydrogen-bond donors (Lipinski definition) is 3. The van der Waals surface area contributed by atoms with Crippen molar-refractivity contribution in [1.82, 2.24) is 9.55 Å². The third-order valence-corrected chi connectivity index (χ3v) is 5.89. The van der Waals surface area contributed by atoms with E-state index in [1.807, 2.05) is 13.0 Å². The summed E-state index contributed by atoms with van der Waals surface area (Å²) in [5.41, 5.74) is 6.28. The quantitative estimate of drug-likeness (QED) is 0.483. The molecule has 0 unspecified atom stereocenters. The second kappa shape index (κ2) is 7.36. The van der Waals surface area contributed by atoms with Crippen LogP contribution in [0, 0.1) is 6.92 Å². The highest BCUT2D eigenvalue weighted by atomic mass is 16.5. The molecule has 1 saturated heterocycles. The summed E-state index contributed by atoms with van der Waals surface area (Å²) in [4.78, 5) is 16.8. The summed E-state index contributed by atoms with van der Waals surface area (Å²) in [7, 11) is 0. The molecule has 3 atom stereocenters. The zero-order valence-electron chi connectivity index (χ0n) is 16.6. The van der Waals surface area contributed by atoms with Crippen molar-refractivity contribution in [2.45, 2.75) is 38.2 Å². The number of nitrogens with zero attached hydrogens (tertiary/aromatic N) is 2. The summed E-state index contributed by atoms with van der Waals surface area (Å²) in [6.07, 6.45) is 0.685. The Hall–Kier alpha value is -3.00. The average Bonchev–Trinajstić information content (AvgIpc) is 3.29. The predicted octanol–water partition coefficient (Wildman–Crippen LogP) is 2.51. The van der Waals surface area contributed by atoms with Gasteiger partial charge in [-0.05, 0) is 47.7 Å². The average molecular weight is 405 g/mol. The van der Waals surface area contributed by atoms with E-state index in [-0.39, 0.29) is 13.0 Å². The Labute approximate surface area is 173 Å². The smallest absolute Gasteiger partial charge is 0.351 e. The predicted molar refractivity (Wildman–Crippen MR) is 113 cm³/mol. The van der Waals surface area contributed by atoms with Crippen LogP contribution < -0.4 is 11.0 Å². The van der Waals surface area contributed by atoms with Crippen LogP contribution >= 0.6 is 0 Å². The molecule has 2 aromatic carbocycles. The van der Waals surface area contributed by atoms with Gasteiger partial charge in [-0.15, -0.1) is 0 Å². The lowest BCUT2D eigenvalue weighted by Crippen LogP contribution is -2.28. The molecule has 3 aromatic rings. The van der Waals surface area contributed by atoms with Gasteiger partial charge in [-0.25, -0.2) is 4.79 Å². The van der Waals surface area contributed by atoms with E-state index in [1.165, 1.54) is 26.8 Å². The fourth-order valence-electron chi connectivity index (χ4n) is 4.31. The summed E-state index contributed by atoms with van der Waals surface area (Å²) < 4.78 is 6.96. The summed E-state index contributed by atoms with van der Waals surface area (Å²) in [5.74, 6) is 0.490. The minimum atomic E-state index is -0.805. The van der Waals surface area contributed by atoms with E-state index < -0.39 is 24.1 Å². The van der Waals surface area contributed by atoms with Crippen molar-refractivity contribution in [3.63, 3.8) is 0 Å². The van der Waals surface area contributed by atoms with Gasteiger partial charge in [-0.3, -0.25) is 4.57 Å². The van der Waals surface area contributed by atoms with E-state index in [1.54, 1.807) is 6.20 Å². The molecule has 7 heteroatoms. The van der Waals surface area contributed by atoms with E-state index in [2.05, 4.69) is 46.7 Å². The van der Waals surface area contributed by atoms with Gasteiger partial charge in [-0.1, -0.05) is 30.3 Å². The van der Waals surface area contributed by atoms with Gasteiger partial charge in [0.2, 0.25) is 0 Å². The molecule has 0 bridgehead atoms. The largest absolute Gasteiger partial charge is 0.394 e. The molecule has 0 amide bonds. The molecular weight excluding hydrogens is 382 g/mol. The molecule has 1 fully saturated rings. The first-order valence-electron chi connectivity index (χ1n) is 10.1. The van der Waals surface area contributed by atoms with Crippen molar-refractivity contribution in [2.24, 2.45) is 0 Å². The molecule has 2 aliphatic rings. The van der Waals surface area contributed by atoms with E-state index in [9.17, 15) is 15.0 Å². The standard InChI is InChI=1S/C23H23N3O4/c1-13-11-26(21-10-19(28)20(12-27)30-21)23(29)25-22(13)24-16-6-7-18-15(9-16)8-14-4-2-3-5-17(14)18/h2-7,9,11,19-21,27-28H,8,10,12H2,1H3,(H,24,25,29)/t19-,20+,21+/m0/s1. The van der Waals surface area contributed by atoms with Gasteiger partial charge in [0, 0.05) is 23.9 Å². The normalized spacial score (nSPS) is 22.0. The minimum absolute atomic E-state index is 0.240. The summed E-state index contributed by atoms with van der Waals surface area (Å²) in [5, 5.41) is 22.5. The molecule has 0 radical (unpaired) electrons. The van der Waals surface area contributed by atoms with Crippen LogP contribution in [-0.2, 0) is 11.2 Å². The van der Waals surface area contributed by atoms with E-state index in [0.29, 0.717) is 5.82 Å². The van der Waals surface area contributed by atoms with Crippen molar-refractivity contribution < 1.29 is 14.9 Å². The number of nitrogens with one attached hydrogen (secondary N) is 1. The topological polar surface area (TPSA) is 96.6 Å². The number of ether oxygens (including phenoxy) is 1. The summed E-state index contributed by atoms with van der Waals surface area (Å²) in [6, 6.07) is 14.6. The van der Waals surface area contributed by atoms with Gasteiger partial charge in [-0.2, -0.15) is 4.98 Å². The monoisotopic (exact) mass is 405 g/mol. The van der Waals surface area contributed by atoms with Crippen LogP contribution in [0.3, 0.4) is 0 Å².